The second-order valence-corrected chi connectivity index (χ2v) is 5.66. The monoisotopic (exact) mass is 385 g/mol. The predicted molar refractivity (Wildman–Crippen MR) is 95.7 cm³/mol. The summed E-state index contributed by atoms with van der Waals surface area (Å²) in [6, 6.07) is 6.51. The van der Waals surface area contributed by atoms with E-state index in [1.165, 1.54) is 0 Å². The van der Waals surface area contributed by atoms with Crippen LogP contribution in [0, 0.1) is 0 Å². The number of halogens is 3. The van der Waals surface area contributed by atoms with Crippen LogP contribution in [0.1, 0.15) is 26.2 Å². The fourth-order valence-electron chi connectivity index (χ4n) is 2.08. The molecule has 1 aromatic carbocycles. The van der Waals surface area contributed by atoms with Crippen LogP contribution in [-0.4, -0.2) is 41.4 Å². The van der Waals surface area contributed by atoms with E-state index in [2.05, 4.69) is 37.2 Å². The lowest BCUT2D eigenvalue weighted by atomic mass is 10.2. The van der Waals surface area contributed by atoms with Crippen LogP contribution in [-0.2, 0) is 0 Å². The zero-order valence-electron chi connectivity index (χ0n) is 15.1. The Morgan fingerprint density at radius 1 is 1.00 bits per heavy atom. The fraction of sp³-hybridized carbons (Fsp3) is 0.471. The molecule has 1 aromatic heterocycles. The van der Waals surface area contributed by atoms with Gasteiger partial charge in [0.15, 0.2) is 6.61 Å². The highest BCUT2D eigenvalue weighted by Crippen LogP contribution is 2.21. The third-order valence-corrected chi connectivity index (χ3v) is 3.39. The summed E-state index contributed by atoms with van der Waals surface area (Å²) in [6.45, 7) is 1.19. The van der Waals surface area contributed by atoms with Crippen molar-refractivity contribution < 1.29 is 22.6 Å². The van der Waals surface area contributed by atoms with Crippen molar-refractivity contribution in [3.05, 3.63) is 24.3 Å². The van der Waals surface area contributed by atoms with Gasteiger partial charge in [-0.15, -0.1) is 0 Å². The van der Waals surface area contributed by atoms with E-state index in [1.54, 1.807) is 31.4 Å². The van der Waals surface area contributed by atoms with Gasteiger partial charge in [-0.2, -0.15) is 28.1 Å². The Balaban J connectivity index is 2.14. The molecule has 0 aliphatic carbocycles. The number of ether oxygens (including phenoxy) is 2. The van der Waals surface area contributed by atoms with Crippen LogP contribution >= 0.6 is 0 Å². The standard InChI is InChI=1S/C17H22F3N5O2/c1-3-4-5-10-21-14-23-15(22-12-6-8-13(26-2)9-7-12)25-16(24-14)27-11-17(18,19)20/h6-9H,3-5,10-11H2,1-2H3,(H2,21,22,23,24,25). The van der Waals surface area contributed by atoms with Gasteiger partial charge in [-0.05, 0) is 30.7 Å². The first kappa shape index (κ1) is 20.5. The Bertz CT molecular complexity index is 711. The van der Waals surface area contributed by atoms with Crippen LogP contribution < -0.4 is 20.1 Å². The minimum Gasteiger partial charge on any atom is -0.497 e. The molecule has 27 heavy (non-hydrogen) atoms. The Morgan fingerprint density at radius 2 is 1.70 bits per heavy atom. The van der Waals surface area contributed by atoms with Crippen molar-refractivity contribution in [3.63, 3.8) is 0 Å². The number of hydrogen-bond acceptors (Lipinski definition) is 7. The first-order chi connectivity index (χ1) is 12.9. The number of methoxy groups -OCH3 is 1. The number of unbranched alkanes of at least 4 members (excludes halogenated alkanes) is 2. The molecular formula is C17H22F3N5O2. The van der Waals surface area contributed by atoms with Crippen LogP contribution in [0.3, 0.4) is 0 Å². The molecule has 0 aliphatic rings. The van der Waals surface area contributed by atoms with Crippen LogP contribution in [0.2, 0.25) is 0 Å². The summed E-state index contributed by atoms with van der Waals surface area (Å²) in [5.41, 5.74) is 0.640. The number of aromatic nitrogens is 3. The maximum atomic E-state index is 12.4. The second-order valence-electron chi connectivity index (χ2n) is 5.66. The molecule has 7 nitrogen and oxygen atoms in total. The predicted octanol–water partition coefficient (Wildman–Crippen LogP) is 4.17. The first-order valence-electron chi connectivity index (χ1n) is 8.50. The maximum Gasteiger partial charge on any atom is 0.422 e. The second kappa shape index (κ2) is 9.79. The van der Waals surface area contributed by atoms with Gasteiger partial charge in [0.1, 0.15) is 5.75 Å². The third-order valence-electron chi connectivity index (χ3n) is 3.39. The quantitative estimate of drug-likeness (QED) is 0.594. The summed E-state index contributed by atoms with van der Waals surface area (Å²) in [7, 11) is 1.55. The van der Waals surface area contributed by atoms with E-state index >= 15 is 0 Å². The average Bonchev–Trinajstić information content (AvgIpc) is 2.64. The van der Waals surface area contributed by atoms with Crippen LogP contribution in [0.25, 0.3) is 0 Å². The van der Waals surface area contributed by atoms with Gasteiger partial charge in [-0.25, -0.2) is 0 Å². The maximum absolute atomic E-state index is 12.4. The Labute approximate surface area is 155 Å². The lowest BCUT2D eigenvalue weighted by Crippen LogP contribution is -2.21. The molecule has 0 amide bonds. The average molecular weight is 385 g/mol. The molecule has 2 N–H and O–H groups in total. The number of nitrogens with zero attached hydrogens (tertiary/aromatic N) is 3. The van der Waals surface area contributed by atoms with Gasteiger partial charge in [-0.1, -0.05) is 19.8 Å². The number of alkyl halides is 3. The molecule has 0 radical (unpaired) electrons. The normalized spacial score (nSPS) is 11.1. The highest BCUT2D eigenvalue weighted by molar-refractivity contribution is 5.55. The lowest BCUT2D eigenvalue weighted by Gasteiger charge is -2.12. The minimum absolute atomic E-state index is 0.0744. The summed E-state index contributed by atoms with van der Waals surface area (Å²) in [5, 5.41) is 5.89. The van der Waals surface area contributed by atoms with Crippen LogP contribution in [0.5, 0.6) is 11.8 Å². The van der Waals surface area contributed by atoms with E-state index in [0.717, 1.165) is 19.3 Å². The Kier molecular flexibility index (Phi) is 7.44. The lowest BCUT2D eigenvalue weighted by molar-refractivity contribution is -0.154. The summed E-state index contributed by atoms with van der Waals surface area (Å²) < 4.78 is 47.0. The van der Waals surface area contributed by atoms with Gasteiger partial charge in [0.25, 0.3) is 0 Å². The molecule has 0 saturated carbocycles. The molecule has 0 aliphatic heterocycles. The topological polar surface area (TPSA) is 81.2 Å². The highest BCUT2D eigenvalue weighted by atomic mass is 19.4. The van der Waals surface area contributed by atoms with Crippen LogP contribution in [0.15, 0.2) is 24.3 Å². The van der Waals surface area contributed by atoms with Gasteiger partial charge in [0.05, 0.1) is 7.11 Å². The van der Waals surface area contributed by atoms with Crippen molar-refractivity contribution in [1.82, 2.24) is 15.0 Å². The molecule has 2 aromatic rings. The van der Waals surface area contributed by atoms with Crippen molar-refractivity contribution in [2.24, 2.45) is 0 Å². The van der Waals surface area contributed by atoms with Crippen LogP contribution in [0.4, 0.5) is 30.8 Å². The van der Waals surface area contributed by atoms with E-state index in [-0.39, 0.29) is 11.9 Å². The molecule has 10 heteroatoms. The van der Waals surface area contributed by atoms with E-state index < -0.39 is 18.8 Å². The summed E-state index contributed by atoms with van der Waals surface area (Å²) in [4.78, 5) is 12.0. The minimum atomic E-state index is -4.48. The van der Waals surface area contributed by atoms with E-state index in [9.17, 15) is 13.2 Å². The summed E-state index contributed by atoms with van der Waals surface area (Å²) in [6.07, 6.45) is -1.53. The Morgan fingerprint density at radius 3 is 2.33 bits per heavy atom. The van der Waals surface area contributed by atoms with Gasteiger partial charge < -0.3 is 20.1 Å². The summed E-state index contributed by atoms with van der Waals surface area (Å²) >= 11 is 0. The van der Waals surface area contributed by atoms with Crippen molar-refractivity contribution in [2.75, 3.05) is 30.9 Å². The third kappa shape index (κ3) is 7.55. The first-order valence-corrected chi connectivity index (χ1v) is 8.50. The molecule has 2 rings (SSSR count). The zero-order chi connectivity index (χ0) is 19.7. The zero-order valence-corrected chi connectivity index (χ0v) is 15.1. The molecule has 0 bridgehead atoms. The van der Waals surface area contributed by atoms with Crippen molar-refractivity contribution in [3.8, 4) is 11.8 Å². The van der Waals surface area contributed by atoms with Gasteiger partial charge in [-0.3, -0.25) is 0 Å². The molecule has 0 saturated heterocycles. The SMILES string of the molecule is CCCCCNc1nc(Nc2ccc(OC)cc2)nc(OCC(F)(F)F)n1. The number of nitrogens with one attached hydrogen (secondary N) is 2. The van der Waals surface area contributed by atoms with E-state index in [1.807, 2.05) is 0 Å². The van der Waals surface area contributed by atoms with E-state index in [4.69, 9.17) is 4.74 Å². The van der Waals surface area contributed by atoms with Gasteiger partial charge in [0.2, 0.25) is 11.9 Å². The number of hydrogen-bond donors (Lipinski definition) is 2. The molecule has 1 heterocycles. The van der Waals surface area contributed by atoms with Gasteiger partial charge in [0, 0.05) is 12.2 Å². The highest BCUT2D eigenvalue weighted by Gasteiger charge is 2.29. The molecule has 0 spiro atoms. The molecule has 0 fully saturated rings. The largest absolute Gasteiger partial charge is 0.497 e. The molecule has 0 atom stereocenters. The molecular weight excluding hydrogens is 363 g/mol. The number of benzene rings is 1. The summed E-state index contributed by atoms with van der Waals surface area (Å²) in [5.74, 6) is 0.892. The number of anilines is 3. The fourth-order valence-corrected chi connectivity index (χ4v) is 2.08. The molecule has 148 valence electrons. The van der Waals surface area contributed by atoms with Crippen molar-refractivity contribution in [2.45, 2.75) is 32.4 Å². The van der Waals surface area contributed by atoms with Crippen molar-refractivity contribution >= 4 is 17.6 Å². The van der Waals surface area contributed by atoms with Gasteiger partial charge >= 0.3 is 12.2 Å². The van der Waals surface area contributed by atoms with Crippen molar-refractivity contribution in [1.29, 1.82) is 0 Å². The van der Waals surface area contributed by atoms with E-state index in [0.29, 0.717) is 18.0 Å². The molecule has 0 unspecified atom stereocenters. The number of rotatable bonds is 10. The Hall–Kier alpha value is -2.78. The smallest absolute Gasteiger partial charge is 0.422 e.